The second-order valence-corrected chi connectivity index (χ2v) is 44.0. The molecule has 15 aromatic rings. The normalized spacial score (nSPS) is 16.1. The number of anilines is 6. The predicted octanol–water partition coefficient (Wildman–Crippen LogP) is 31.5. The van der Waals surface area contributed by atoms with Gasteiger partial charge in [-0.15, -0.1) is 0 Å². The maximum Gasteiger partial charge on any atom is 0.252 e. The molecule has 13 aromatic carbocycles. The molecule has 2 aliphatic rings. The van der Waals surface area contributed by atoms with E-state index in [1.54, 1.807) is 0 Å². The van der Waals surface area contributed by atoms with Gasteiger partial charge in [-0.1, -0.05) is 345 Å². The Labute approximate surface area is 759 Å². The van der Waals surface area contributed by atoms with Gasteiger partial charge in [-0.3, -0.25) is 0 Å². The highest BCUT2D eigenvalue weighted by Gasteiger charge is 2.47. The van der Waals surface area contributed by atoms with Crippen molar-refractivity contribution in [2.24, 2.45) is 21.7 Å². The van der Waals surface area contributed by atoms with Crippen LogP contribution in [0.5, 0.6) is 0 Å². The Bertz CT molecular complexity index is 7010. The van der Waals surface area contributed by atoms with E-state index in [0.717, 1.165) is 44.2 Å². The minimum atomic E-state index is -1.90. The van der Waals surface area contributed by atoms with Crippen molar-refractivity contribution < 1.29 is 21.9 Å². The first kappa shape index (κ1) is 66.7. The van der Waals surface area contributed by atoms with Gasteiger partial charge in [0.25, 0.3) is 6.71 Å². The first-order chi connectivity index (χ1) is 64.0. The van der Waals surface area contributed by atoms with Gasteiger partial charge in [-0.25, -0.2) is 0 Å². The fraction of sp³-hybridized carbons (Fsp3) is 0.339. The topological polar surface area (TPSA) is 16.3 Å². The third-order valence-electron chi connectivity index (χ3n) is 24.1. The monoisotopic (exact) mass is 1630 g/mol. The molecular formula is C118H131BN4. The Morgan fingerprint density at radius 1 is 0.268 bits per heavy atom. The van der Waals surface area contributed by atoms with Crippen LogP contribution < -0.4 is 26.2 Å². The highest BCUT2D eigenvalue weighted by atomic mass is 15.2. The lowest BCUT2D eigenvalue weighted by molar-refractivity contribution is 0.411. The third kappa shape index (κ3) is 16.3. The Hall–Kier alpha value is -10.9. The number of nitrogens with zero attached hydrogens (tertiary/aromatic N) is 4. The molecule has 2 aromatic heterocycles. The fourth-order valence-electron chi connectivity index (χ4n) is 18.4. The van der Waals surface area contributed by atoms with Crippen LogP contribution in [0.15, 0.2) is 255 Å². The van der Waals surface area contributed by atoms with Crippen molar-refractivity contribution in [3.63, 3.8) is 0 Å². The highest BCUT2D eigenvalue weighted by Crippen LogP contribution is 2.57. The van der Waals surface area contributed by atoms with E-state index in [9.17, 15) is 21.9 Å². The van der Waals surface area contributed by atoms with Crippen molar-refractivity contribution in [2.75, 3.05) is 9.80 Å². The van der Waals surface area contributed by atoms with Crippen LogP contribution in [-0.4, -0.2) is 15.8 Å². The van der Waals surface area contributed by atoms with E-state index in [4.69, 9.17) is 0 Å². The summed E-state index contributed by atoms with van der Waals surface area (Å²) in [4.78, 5) is 4.76. The van der Waals surface area contributed by atoms with Gasteiger partial charge in [0.15, 0.2) is 0 Å². The molecule has 123 heavy (non-hydrogen) atoms. The Morgan fingerprint density at radius 3 is 0.854 bits per heavy atom. The summed E-state index contributed by atoms with van der Waals surface area (Å²) in [6.07, 6.45) is -7.59. The van der Waals surface area contributed by atoms with Crippen LogP contribution in [0.1, 0.15) is 259 Å². The lowest BCUT2D eigenvalue weighted by Gasteiger charge is -2.47. The quantitative estimate of drug-likeness (QED) is 0.113. The van der Waals surface area contributed by atoms with E-state index < -0.39 is 82.2 Å². The van der Waals surface area contributed by atoms with Crippen molar-refractivity contribution in [2.45, 2.75) is 240 Å². The zero-order chi connectivity index (χ0) is 102. The second-order valence-electron chi connectivity index (χ2n) is 44.0. The Morgan fingerprint density at radius 2 is 0.561 bits per heavy atom. The molecule has 0 unspecified atom stereocenters. The molecule has 0 N–H and O–H groups in total. The smallest absolute Gasteiger partial charge is 0.252 e. The van der Waals surface area contributed by atoms with Crippen LogP contribution in [0.3, 0.4) is 0 Å². The molecule has 17 rings (SSSR count). The summed E-state index contributed by atoms with van der Waals surface area (Å²) in [6, 6.07) is 67.9. The summed E-state index contributed by atoms with van der Waals surface area (Å²) in [6.45, 7) is 54.7. The molecule has 0 fully saturated rings. The van der Waals surface area contributed by atoms with E-state index >= 15 is 0 Å². The Balaban J connectivity index is 1.15. The van der Waals surface area contributed by atoms with E-state index in [1.165, 1.54) is 0 Å². The SMILES string of the molecule is [2H]c1c([2H])c([2H])c2c(c1[2H])c1cc(C(C)(C)C)ccc1n2-c1ccc2c(c1)N(c1c(-c3cccc(C([2H])([2H])C(C)(C)C)c3)cc(C(C)(C)C)cc1-c1cccc(C([2H])([2H])C(C)(C)C)c1)c1cc(C(C)(C)C)cc3c1B2c1ccc(-n2c4ccc(C(C)(C)C)cc4c4c([2H])c([2H])c([2H])c([2H])c42)cc1N3c1c(-c2cccc(C([2H])([2H])C(C)(C)C)c2)cc(C(C)(C)C)cc1-c1cccc(C([2H])([2H])C(C)(C)C)c1. The molecule has 0 amide bonds. The lowest BCUT2D eigenvalue weighted by Crippen LogP contribution is -2.61. The fourth-order valence-corrected chi connectivity index (χ4v) is 18.4. The summed E-state index contributed by atoms with van der Waals surface area (Å²) in [5, 5.41) is 2.00. The average molecular weight is 1630 g/mol. The molecule has 5 heteroatoms. The molecule has 2 aliphatic heterocycles. The van der Waals surface area contributed by atoms with Crippen LogP contribution in [-0.2, 0) is 52.6 Å². The number of fused-ring (bicyclic) bond motifs is 10. The molecular weight excluding hydrogens is 1480 g/mol. The summed E-state index contributed by atoms with van der Waals surface area (Å²) in [5.74, 6) is 0. The van der Waals surface area contributed by atoms with Crippen molar-refractivity contribution in [1.29, 1.82) is 0 Å². The average Bonchev–Trinajstić information content (AvgIpc) is 1.37. The van der Waals surface area contributed by atoms with Gasteiger partial charge < -0.3 is 18.9 Å². The summed E-state index contributed by atoms with van der Waals surface area (Å²) in [5.41, 5.74) is 15.3. The van der Waals surface area contributed by atoms with E-state index in [0.29, 0.717) is 145 Å². The molecule has 0 atom stereocenters. The molecule has 0 radical (unpaired) electrons. The summed E-state index contributed by atoms with van der Waals surface area (Å²) < 4.78 is 164. The van der Waals surface area contributed by atoms with Crippen LogP contribution in [0.4, 0.5) is 34.1 Å². The zero-order valence-corrected chi connectivity index (χ0v) is 77.5. The summed E-state index contributed by atoms with van der Waals surface area (Å²) in [7, 11) is 0. The molecule has 4 nitrogen and oxygen atoms in total. The number of hydrogen-bond acceptors (Lipinski definition) is 2. The highest BCUT2D eigenvalue weighted by molar-refractivity contribution is 7.00. The number of para-hydroxylation sites is 2. The van der Waals surface area contributed by atoms with Crippen LogP contribution in [0.2, 0.25) is 0 Å². The minimum absolute atomic E-state index is 0.180. The number of benzene rings is 13. The molecule has 4 heterocycles. The van der Waals surface area contributed by atoms with Crippen LogP contribution in [0.25, 0.3) is 99.5 Å². The Kier molecular flexibility index (Phi) is 16.2. The molecule has 0 spiro atoms. The first-order valence-corrected chi connectivity index (χ1v) is 44.0. The largest absolute Gasteiger partial charge is 0.310 e. The number of hydrogen-bond donors (Lipinski definition) is 0. The van der Waals surface area contributed by atoms with Crippen molar-refractivity contribution in [1.82, 2.24) is 9.13 Å². The third-order valence-corrected chi connectivity index (χ3v) is 24.1. The first-order valence-electron chi connectivity index (χ1n) is 52.0. The summed E-state index contributed by atoms with van der Waals surface area (Å²) >= 11 is 0. The second kappa shape index (κ2) is 30.0. The van der Waals surface area contributed by atoms with Crippen molar-refractivity contribution in [3.05, 3.63) is 305 Å². The van der Waals surface area contributed by atoms with E-state index in [2.05, 4.69) is 235 Å². The van der Waals surface area contributed by atoms with Gasteiger partial charge >= 0.3 is 0 Å². The standard InChI is InChI=1S/C118H131BN4/c1-110(2,3)70-74-36-32-40-78(56-74)91-62-84(116(19,20)21)63-92(79-41-33-37-75(57-79)71-111(4,5)6)108(91)122-103-68-87(120-99-46-30-28-44-89(99)95-60-82(114(13,14)15)48-54-101(95)120)50-52-97(103)119-98-53-51-88(121-100-47-31-29-45-90(100)96-61-83(115(16,17)18)49-55-102(96)121)69-104(98)123(106-67-86(118(25,26)27)66-105(122)107(106)119)109-93(80-42-34-38-76(58-80)72-112(7,8)9)64-85(117(22,23)24)65-94(109)81-43-35-39-77(59-81)73-113(10,11)12/h28-69H,70-73H2,1-27H3/i28D,29D,30D,31D,44D,45D,46D,47D,70D2,71D2,72D2,73D2. The van der Waals surface area contributed by atoms with Gasteiger partial charge in [0, 0.05) is 88.9 Å². The van der Waals surface area contributed by atoms with Gasteiger partial charge in [-0.2, -0.15) is 0 Å². The van der Waals surface area contributed by atoms with E-state index in [1.807, 2.05) is 177 Å². The molecule has 0 saturated carbocycles. The maximum absolute atomic E-state index is 10.2. The molecule has 0 saturated heterocycles. The van der Waals surface area contributed by atoms with Crippen LogP contribution in [0, 0.1) is 21.7 Å². The number of aromatic nitrogens is 2. The molecule has 626 valence electrons. The zero-order valence-electron chi connectivity index (χ0n) is 93.5. The molecule has 0 aliphatic carbocycles. The number of rotatable bonds is 12. The van der Waals surface area contributed by atoms with Gasteiger partial charge in [0.1, 0.15) is 0 Å². The van der Waals surface area contributed by atoms with Gasteiger partial charge in [0.05, 0.1) is 44.4 Å². The van der Waals surface area contributed by atoms with E-state index in [-0.39, 0.29) is 58.1 Å². The van der Waals surface area contributed by atoms with Crippen molar-refractivity contribution in [3.8, 4) is 55.9 Å². The maximum atomic E-state index is 10.2. The minimum Gasteiger partial charge on any atom is -0.310 e. The van der Waals surface area contributed by atoms with Crippen molar-refractivity contribution >= 4 is 101 Å². The predicted molar refractivity (Wildman–Crippen MR) is 537 cm³/mol. The van der Waals surface area contributed by atoms with Gasteiger partial charge in [-0.05, 0) is 260 Å². The lowest BCUT2D eigenvalue weighted by atomic mass is 9.33. The molecule has 0 bridgehead atoms. The van der Waals surface area contributed by atoms with Gasteiger partial charge in [0.2, 0.25) is 0 Å². The van der Waals surface area contributed by atoms with Crippen LogP contribution >= 0.6 is 0 Å².